The maximum atomic E-state index is 12.5. The molecule has 1 aromatic heterocycles. The minimum Gasteiger partial charge on any atom is -0.494 e. The van der Waals surface area contributed by atoms with Crippen LogP contribution >= 0.6 is 11.3 Å². The molecule has 0 bridgehead atoms. The van der Waals surface area contributed by atoms with E-state index in [1.54, 1.807) is 0 Å². The van der Waals surface area contributed by atoms with Gasteiger partial charge in [-0.2, -0.15) is 0 Å². The van der Waals surface area contributed by atoms with Crippen molar-refractivity contribution in [1.82, 2.24) is 10.2 Å². The molecular formula is C28H32N2O4S. The molecule has 0 saturated carbocycles. The average Bonchev–Trinajstić information content (AvgIpc) is 3.45. The molecule has 0 spiro atoms. The smallest absolute Gasteiger partial charge is 0.263 e. The number of nitrogens with one attached hydrogen (secondary N) is 1. The zero-order chi connectivity index (χ0) is 24.3. The predicted molar refractivity (Wildman–Crippen MR) is 138 cm³/mol. The van der Waals surface area contributed by atoms with Crippen LogP contribution in [0, 0.1) is 5.92 Å². The molecule has 1 saturated heterocycles. The molecule has 35 heavy (non-hydrogen) atoms. The number of carbonyl (C=O) groups is 2. The number of benzene rings is 2. The molecule has 184 valence electrons. The van der Waals surface area contributed by atoms with E-state index in [1.165, 1.54) is 11.3 Å². The van der Waals surface area contributed by atoms with E-state index < -0.39 is 0 Å². The highest BCUT2D eigenvalue weighted by molar-refractivity contribution is 7.12. The average molecular weight is 493 g/mol. The predicted octanol–water partition coefficient (Wildman–Crippen LogP) is 5.15. The summed E-state index contributed by atoms with van der Waals surface area (Å²) in [4.78, 5) is 27.5. The Hall–Kier alpha value is -3.32. The molecule has 1 N–H and O–H groups in total. The van der Waals surface area contributed by atoms with Gasteiger partial charge >= 0.3 is 0 Å². The second-order valence-corrected chi connectivity index (χ2v) is 9.58. The summed E-state index contributed by atoms with van der Waals surface area (Å²) >= 11 is 1.46. The highest BCUT2D eigenvalue weighted by Gasteiger charge is 2.27. The van der Waals surface area contributed by atoms with Crippen LogP contribution in [0.4, 0.5) is 0 Å². The molecule has 3 aromatic rings. The summed E-state index contributed by atoms with van der Waals surface area (Å²) in [6.07, 6.45) is 3.16. The zero-order valence-corrected chi connectivity index (χ0v) is 20.7. The number of ether oxygens (including phenoxy) is 2. The zero-order valence-electron chi connectivity index (χ0n) is 19.9. The summed E-state index contributed by atoms with van der Waals surface area (Å²) in [5.74, 6) is 1.78. The van der Waals surface area contributed by atoms with Gasteiger partial charge in [-0.15, -0.1) is 11.3 Å². The van der Waals surface area contributed by atoms with E-state index >= 15 is 0 Å². The minimum absolute atomic E-state index is 0.0127. The van der Waals surface area contributed by atoms with Crippen molar-refractivity contribution in [3.05, 3.63) is 82.6 Å². The van der Waals surface area contributed by atoms with Crippen LogP contribution in [0.15, 0.2) is 72.1 Å². The van der Waals surface area contributed by atoms with Crippen LogP contribution < -0.4 is 14.8 Å². The van der Waals surface area contributed by atoms with Gasteiger partial charge in [0.25, 0.3) is 5.91 Å². The first-order valence-corrected chi connectivity index (χ1v) is 13.1. The van der Waals surface area contributed by atoms with Crippen LogP contribution in [0.25, 0.3) is 0 Å². The Morgan fingerprint density at radius 3 is 2.29 bits per heavy atom. The standard InChI is InChI=1S/C28H32N2O4S/c31-27(23-14-17-30(18-15-23)28(32)26-9-6-20-35-26)29-16-4-5-19-33-24-10-12-25(13-11-24)34-21-22-7-2-1-3-8-22/h1-3,6-13,20,23H,4-5,14-19,21H2,(H,29,31). The van der Waals surface area contributed by atoms with E-state index in [0.29, 0.717) is 32.8 Å². The van der Waals surface area contributed by atoms with Gasteiger partial charge in [0.2, 0.25) is 5.91 Å². The third-order valence-corrected chi connectivity index (χ3v) is 6.95. The molecule has 1 aliphatic heterocycles. The summed E-state index contributed by atoms with van der Waals surface area (Å²) in [5, 5.41) is 4.96. The lowest BCUT2D eigenvalue weighted by atomic mass is 9.95. The maximum Gasteiger partial charge on any atom is 0.263 e. The van der Waals surface area contributed by atoms with Crippen LogP contribution in [-0.2, 0) is 11.4 Å². The van der Waals surface area contributed by atoms with Crippen LogP contribution in [0.3, 0.4) is 0 Å². The fraction of sp³-hybridized carbons (Fsp3) is 0.357. The van der Waals surface area contributed by atoms with Gasteiger partial charge in [-0.3, -0.25) is 9.59 Å². The Bertz CT molecular complexity index is 1050. The van der Waals surface area contributed by atoms with Gasteiger partial charge < -0.3 is 19.7 Å². The van der Waals surface area contributed by atoms with Gasteiger partial charge in [-0.1, -0.05) is 36.4 Å². The van der Waals surface area contributed by atoms with Gasteiger partial charge in [0, 0.05) is 25.6 Å². The Balaban J connectivity index is 1.05. The third-order valence-electron chi connectivity index (χ3n) is 6.10. The molecule has 0 unspecified atom stereocenters. The number of likely N-dealkylation sites (tertiary alicyclic amines) is 1. The molecule has 1 aliphatic rings. The Labute approximate surface area is 210 Å². The van der Waals surface area contributed by atoms with Crippen molar-refractivity contribution >= 4 is 23.2 Å². The van der Waals surface area contributed by atoms with Gasteiger partial charge in [0.05, 0.1) is 11.5 Å². The van der Waals surface area contributed by atoms with Crippen LogP contribution in [0.2, 0.25) is 0 Å². The molecule has 0 aliphatic carbocycles. The number of hydrogen-bond donors (Lipinski definition) is 1. The molecule has 0 radical (unpaired) electrons. The minimum atomic E-state index is -0.0127. The topological polar surface area (TPSA) is 67.9 Å². The molecule has 2 amide bonds. The Kier molecular flexibility index (Phi) is 9.17. The quantitative estimate of drug-likeness (QED) is 0.376. The molecule has 4 rings (SSSR count). The molecule has 7 heteroatoms. The largest absolute Gasteiger partial charge is 0.494 e. The van der Waals surface area contributed by atoms with Crippen molar-refractivity contribution in [2.45, 2.75) is 32.3 Å². The van der Waals surface area contributed by atoms with Crippen LogP contribution in [0.1, 0.15) is 40.9 Å². The summed E-state index contributed by atoms with van der Waals surface area (Å²) in [6.45, 7) is 3.06. The Morgan fingerprint density at radius 1 is 0.886 bits per heavy atom. The van der Waals surface area contributed by atoms with Crippen molar-refractivity contribution in [3.63, 3.8) is 0 Å². The van der Waals surface area contributed by atoms with E-state index in [9.17, 15) is 9.59 Å². The highest BCUT2D eigenvalue weighted by Crippen LogP contribution is 2.21. The summed E-state index contributed by atoms with van der Waals surface area (Å²) in [6, 6.07) is 21.5. The molecule has 0 atom stereocenters. The van der Waals surface area contributed by atoms with E-state index in [1.807, 2.05) is 77.0 Å². The monoisotopic (exact) mass is 492 g/mol. The lowest BCUT2D eigenvalue weighted by molar-refractivity contribution is -0.126. The number of rotatable bonds is 11. The van der Waals surface area contributed by atoms with Gasteiger partial charge in [0.15, 0.2) is 0 Å². The molecule has 2 heterocycles. The summed E-state index contributed by atoms with van der Waals surface area (Å²) < 4.78 is 11.6. The van der Waals surface area contributed by atoms with Crippen molar-refractivity contribution < 1.29 is 19.1 Å². The van der Waals surface area contributed by atoms with E-state index in [4.69, 9.17) is 9.47 Å². The van der Waals surface area contributed by atoms with Crippen molar-refractivity contribution in [1.29, 1.82) is 0 Å². The van der Waals surface area contributed by atoms with Gasteiger partial charge in [0.1, 0.15) is 18.1 Å². The normalized spacial score (nSPS) is 13.9. The van der Waals surface area contributed by atoms with Gasteiger partial charge in [-0.05, 0) is 67.0 Å². The SMILES string of the molecule is O=C(NCCCCOc1ccc(OCc2ccccc2)cc1)C1CCN(C(=O)c2cccs2)CC1. The highest BCUT2D eigenvalue weighted by atomic mass is 32.1. The fourth-order valence-electron chi connectivity index (χ4n) is 4.05. The molecular weight excluding hydrogens is 460 g/mol. The number of amides is 2. The first kappa shape index (κ1) is 24.8. The summed E-state index contributed by atoms with van der Waals surface area (Å²) in [7, 11) is 0. The van der Waals surface area contributed by atoms with E-state index in [-0.39, 0.29) is 17.7 Å². The number of piperidine rings is 1. The third kappa shape index (κ3) is 7.59. The number of nitrogens with zero attached hydrogens (tertiary/aromatic N) is 1. The van der Waals surface area contributed by atoms with Crippen LogP contribution in [0.5, 0.6) is 11.5 Å². The number of carbonyl (C=O) groups excluding carboxylic acids is 2. The van der Waals surface area contributed by atoms with Crippen molar-refractivity contribution in [2.24, 2.45) is 5.92 Å². The first-order chi connectivity index (χ1) is 17.2. The second kappa shape index (κ2) is 13.0. The fourth-order valence-corrected chi connectivity index (χ4v) is 4.74. The first-order valence-electron chi connectivity index (χ1n) is 12.2. The lowest BCUT2D eigenvalue weighted by Crippen LogP contribution is -2.43. The second-order valence-electron chi connectivity index (χ2n) is 8.64. The van der Waals surface area contributed by atoms with Gasteiger partial charge in [-0.25, -0.2) is 0 Å². The molecule has 6 nitrogen and oxygen atoms in total. The Morgan fingerprint density at radius 2 is 1.60 bits per heavy atom. The molecule has 2 aromatic carbocycles. The number of unbranched alkanes of at least 4 members (excludes halogenated alkanes) is 1. The van der Waals surface area contributed by atoms with E-state index in [2.05, 4.69) is 5.32 Å². The van der Waals surface area contributed by atoms with Crippen molar-refractivity contribution in [3.8, 4) is 11.5 Å². The van der Waals surface area contributed by atoms with Crippen LogP contribution in [-0.4, -0.2) is 43.0 Å². The maximum absolute atomic E-state index is 12.5. The van der Waals surface area contributed by atoms with E-state index in [0.717, 1.165) is 47.6 Å². The lowest BCUT2D eigenvalue weighted by Gasteiger charge is -2.31. The van der Waals surface area contributed by atoms with Crippen molar-refractivity contribution in [2.75, 3.05) is 26.2 Å². The number of hydrogen-bond acceptors (Lipinski definition) is 5. The molecule has 1 fully saturated rings. The number of thiophene rings is 1. The summed E-state index contributed by atoms with van der Waals surface area (Å²) in [5.41, 5.74) is 1.13.